The standard InChI is InChI=1S/2C24H36O3S.Ba/c2*1-3-5-7-9-11-14-20-18-22-16-13-17-24(28(25,26)27)23(22)19-21(20)15-12-10-8-6-4-2;/h2*13,16-19H,3-12,14-15H2,1-2H3,(H,25,26,27);/q;;+2/p-2. The van der Waals surface area contributed by atoms with E-state index in [4.69, 9.17) is 0 Å². The smallest absolute Gasteiger partial charge is 0.744 e. The Labute approximate surface area is 387 Å². The molecular formula is C48H70BaO6S2. The number of hydrogen-bond donors (Lipinski definition) is 0. The molecule has 0 unspecified atom stereocenters. The van der Waals surface area contributed by atoms with Crippen LogP contribution in [0, 0.1) is 0 Å². The molecule has 4 aromatic rings. The summed E-state index contributed by atoms with van der Waals surface area (Å²) in [5, 5.41) is 2.87. The van der Waals surface area contributed by atoms with Crippen LogP contribution in [0.3, 0.4) is 0 Å². The number of aryl methyl sites for hydroxylation is 4. The second-order valence-electron chi connectivity index (χ2n) is 15.8. The molecule has 0 heterocycles. The van der Waals surface area contributed by atoms with Crippen LogP contribution in [0.1, 0.15) is 178 Å². The summed E-state index contributed by atoms with van der Waals surface area (Å²) in [6, 6.07) is 18.2. The van der Waals surface area contributed by atoms with Crippen molar-refractivity contribution in [1.29, 1.82) is 0 Å². The van der Waals surface area contributed by atoms with Crippen molar-refractivity contribution >= 4 is 90.7 Å². The molecule has 0 bridgehead atoms. The van der Waals surface area contributed by atoms with E-state index < -0.39 is 20.2 Å². The summed E-state index contributed by atoms with van der Waals surface area (Å²) in [5.41, 5.74) is 5.08. The molecule has 57 heavy (non-hydrogen) atoms. The summed E-state index contributed by atoms with van der Waals surface area (Å²) in [6.45, 7) is 8.87. The van der Waals surface area contributed by atoms with Crippen LogP contribution in [0.5, 0.6) is 0 Å². The maximum Gasteiger partial charge on any atom is 2.00 e. The molecule has 0 aliphatic rings. The minimum atomic E-state index is -4.47. The van der Waals surface area contributed by atoms with Crippen LogP contribution in [0.4, 0.5) is 0 Å². The van der Waals surface area contributed by atoms with Crippen molar-refractivity contribution in [1.82, 2.24) is 0 Å². The summed E-state index contributed by atoms with van der Waals surface area (Å²) >= 11 is 0. The SMILES string of the molecule is CCCCCCCc1cc2cccc(S(=O)(=O)[O-])c2cc1CCCCCCC.CCCCCCCc1cc2cccc(S(=O)(=O)[O-])c2cc1CCCCCCC.[Ba+2]. The third-order valence-electron chi connectivity index (χ3n) is 11.1. The van der Waals surface area contributed by atoms with E-state index in [0.717, 1.165) is 62.1 Å². The van der Waals surface area contributed by atoms with Crippen LogP contribution < -0.4 is 0 Å². The zero-order valence-corrected chi connectivity index (χ0v) is 41.8. The monoisotopic (exact) mass is 944 g/mol. The fourth-order valence-corrected chi connectivity index (χ4v) is 9.20. The van der Waals surface area contributed by atoms with Gasteiger partial charge in [0, 0.05) is 0 Å². The van der Waals surface area contributed by atoms with E-state index in [0.29, 0.717) is 10.8 Å². The minimum absolute atomic E-state index is 0. The molecule has 4 aromatic carbocycles. The van der Waals surface area contributed by atoms with E-state index in [9.17, 15) is 25.9 Å². The van der Waals surface area contributed by atoms with Crippen molar-refractivity contribution in [3.05, 3.63) is 82.9 Å². The van der Waals surface area contributed by atoms with E-state index in [2.05, 4.69) is 39.8 Å². The van der Waals surface area contributed by atoms with Crippen molar-refractivity contribution in [2.75, 3.05) is 0 Å². The maximum absolute atomic E-state index is 11.7. The molecular weight excluding hydrogens is 874 g/mol. The Balaban J connectivity index is 0.000000387. The molecule has 0 aliphatic heterocycles. The van der Waals surface area contributed by atoms with E-state index in [1.54, 1.807) is 12.1 Å². The van der Waals surface area contributed by atoms with Gasteiger partial charge in [0.2, 0.25) is 0 Å². The van der Waals surface area contributed by atoms with Crippen LogP contribution >= 0.6 is 0 Å². The van der Waals surface area contributed by atoms with Gasteiger partial charge in [0.1, 0.15) is 20.2 Å². The summed E-state index contributed by atoms with van der Waals surface area (Å²) in [4.78, 5) is -0.182. The molecule has 312 valence electrons. The van der Waals surface area contributed by atoms with Crippen molar-refractivity contribution in [2.24, 2.45) is 0 Å². The first-order chi connectivity index (χ1) is 26.9. The molecule has 0 N–H and O–H groups in total. The van der Waals surface area contributed by atoms with E-state index >= 15 is 0 Å². The third-order valence-corrected chi connectivity index (χ3v) is 12.8. The molecule has 6 nitrogen and oxygen atoms in total. The molecule has 0 radical (unpaired) electrons. The first kappa shape index (κ1) is 51.9. The average Bonchev–Trinajstić information content (AvgIpc) is 3.16. The van der Waals surface area contributed by atoms with Gasteiger partial charge in [-0.2, -0.15) is 0 Å². The van der Waals surface area contributed by atoms with Crippen molar-refractivity contribution < 1.29 is 25.9 Å². The molecule has 0 amide bonds. The molecule has 0 saturated heterocycles. The predicted molar refractivity (Wildman–Crippen MR) is 239 cm³/mol. The van der Waals surface area contributed by atoms with Gasteiger partial charge in [0.05, 0.1) is 9.79 Å². The van der Waals surface area contributed by atoms with Crippen LogP contribution in [-0.2, 0) is 45.9 Å². The summed E-state index contributed by atoms with van der Waals surface area (Å²) in [6.07, 6.45) is 28.4. The Kier molecular flexibility index (Phi) is 25.8. The quantitative estimate of drug-likeness (QED) is 0.0352. The van der Waals surface area contributed by atoms with E-state index in [-0.39, 0.29) is 58.7 Å². The first-order valence-corrected chi connectivity index (χ1v) is 24.8. The second kappa shape index (κ2) is 28.3. The van der Waals surface area contributed by atoms with Crippen molar-refractivity contribution in [3.63, 3.8) is 0 Å². The summed E-state index contributed by atoms with van der Waals surface area (Å²) in [5.74, 6) is 0. The van der Waals surface area contributed by atoms with Crippen molar-refractivity contribution in [3.8, 4) is 0 Å². The van der Waals surface area contributed by atoms with E-state index in [1.165, 1.54) is 137 Å². The fourth-order valence-electron chi connectivity index (χ4n) is 7.82. The van der Waals surface area contributed by atoms with Gasteiger partial charge in [0.25, 0.3) is 0 Å². The molecule has 0 aromatic heterocycles. The normalized spacial score (nSPS) is 11.8. The van der Waals surface area contributed by atoms with Gasteiger partial charge >= 0.3 is 48.9 Å². The topological polar surface area (TPSA) is 114 Å². The summed E-state index contributed by atoms with van der Waals surface area (Å²) < 4.78 is 70.2. The Hall–Kier alpha value is -1.21. The average molecular weight is 945 g/mol. The molecule has 0 saturated carbocycles. The Morgan fingerprint density at radius 1 is 0.386 bits per heavy atom. The Morgan fingerprint density at radius 3 is 0.912 bits per heavy atom. The third kappa shape index (κ3) is 18.5. The number of rotatable bonds is 26. The molecule has 9 heteroatoms. The minimum Gasteiger partial charge on any atom is -0.744 e. The van der Waals surface area contributed by atoms with Gasteiger partial charge < -0.3 is 9.11 Å². The number of fused-ring (bicyclic) bond motifs is 2. The zero-order valence-electron chi connectivity index (χ0n) is 35.7. The largest absolute Gasteiger partial charge is 2.00 e. The van der Waals surface area contributed by atoms with Crippen molar-refractivity contribution in [2.45, 2.75) is 192 Å². The Bertz CT molecular complexity index is 1830. The first-order valence-electron chi connectivity index (χ1n) is 21.9. The van der Waals surface area contributed by atoms with Gasteiger partial charge in [0.15, 0.2) is 0 Å². The van der Waals surface area contributed by atoms with Crippen LogP contribution in [0.2, 0.25) is 0 Å². The summed E-state index contributed by atoms with van der Waals surface area (Å²) in [7, 11) is -8.94. The van der Waals surface area contributed by atoms with Crippen LogP contribution in [0.15, 0.2) is 70.5 Å². The molecule has 0 fully saturated rings. The van der Waals surface area contributed by atoms with E-state index in [1.807, 2.05) is 24.3 Å². The van der Waals surface area contributed by atoms with Gasteiger partial charge in [-0.15, -0.1) is 0 Å². The number of benzene rings is 4. The zero-order chi connectivity index (χ0) is 40.8. The second-order valence-corrected chi connectivity index (χ2v) is 18.5. The van der Waals surface area contributed by atoms with Crippen LogP contribution in [-0.4, -0.2) is 74.8 Å². The van der Waals surface area contributed by atoms with Gasteiger partial charge in [-0.25, -0.2) is 16.8 Å². The van der Waals surface area contributed by atoms with Crippen LogP contribution in [0.25, 0.3) is 21.5 Å². The maximum atomic E-state index is 11.7. The number of unbranched alkanes of at least 4 members (excludes halogenated alkanes) is 16. The molecule has 0 aliphatic carbocycles. The number of hydrogen-bond acceptors (Lipinski definition) is 6. The van der Waals surface area contributed by atoms with Gasteiger partial charge in [-0.3, -0.25) is 0 Å². The molecule has 0 spiro atoms. The van der Waals surface area contributed by atoms with Gasteiger partial charge in [-0.05, 0) is 119 Å². The predicted octanol–water partition coefficient (Wildman–Crippen LogP) is 13.2. The fraction of sp³-hybridized carbons (Fsp3) is 0.583. The van der Waals surface area contributed by atoms with Gasteiger partial charge in [-0.1, -0.05) is 167 Å². The molecule has 4 rings (SSSR count). The molecule has 0 atom stereocenters. The Morgan fingerprint density at radius 2 is 0.649 bits per heavy atom.